The number of nitrogens with zero attached hydrogens (tertiary/aromatic N) is 2. The van der Waals surface area contributed by atoms with Gasteiger partial charge in [-0.2, -0.15) is 0 Å². The van der Waals surface area contributed by atoms with Gasteiger partial charge in [-0.05, 0) is 35.7 Å². The van der Waals surface area contributed by atoms with E-state index in [4.69, 9.17) is 4.74 Å². The highest BCUT2D eigenvalue weighted by molar-refractivity contribution is 6.02. The minimum atomic E-state index is 0. The van der Waals surface area contributed by atoms with Gasteiger partial charge in [0.05, 0.1) is 13.7 Å². The maximum Gasteiger partial charge on any atom is 0.238 e. The summed E-state index contributed by atoms with van der Waals surface area (Å²) in [6, 6.07) is 22.2. The van der Waals surface area contributed by atoms with Gasteiger partial charge in [0.15, 0.2) is 0 Å². The second kappa shape index (κ2) is 11.1. The molecular weight excluding hydrogens is 421 g/mol. The molecule has 1 N–H and O–H groups in total. The number of amides is 1. The van der Waals surface area contributed by atoms with Crippen molar-refractivity contribution in [2.24, 2.45) is 0 Å². The van der Waals surface area contributed by atoms with Gasteiger partial charge in [0, 0.05) is 42.9 Å². The van der Waals surface area contributed by atoms with Gasteiger partial charge >= 0.3 is 0 Å². The number of fused-ring (bicyclic) bond motifs is 1. The van der Waals surface area contributed by atoms with Crippen molar-refractivity contribution < 1.29 is 34.3 Å². The van der Waals surface area contributed by atoms with Crippen molar-refractivity contribution in [3.63, 3.8) is 0 Å². The van der Waals surface area contributed by atoms with Crippen LogP contribution in [0.15, 0.2) is 66.7 Å². The third kappa shape index (κ3) is 5.57. The number of carbonyl (C=O) groups excluding carboxylic acids is 1. The fourth-order valence-electron chi connectivity index (χ4n) is 3.68. The first-order valence-corrected chi connectivity index (χ1v) is 9.62. The molecule has 1 aliphatic heterocycles. The number of ether oxygens (including phenoxy) is 1. The number of hydrogen-bond donors (Lipinski definition) is 1. The number of piperazine rings is 1. The van der Waals surface area contributed by atoms with Crippen LogP contribution in [0.25, 0.3) is 10.8 Å². The van der Waals surface area contributed by atoms with Crippen molar-refractivity contribution in [1.82, 2.24) is 4.90 Å². The van der Waals surface area contributed by atoms with E-state index in [0.717, 1.165) is 48.4 Å². The monoisotopic (exact) mass is 445 g/mol. The molecule has 1 heterocycles. The molecule has 1 aliphatic rings. The molecule has 1 fully saturated rings. The zero-order valence-corrected chi connectivity index (χ0v) is 18.4. The van der Waals surface area contributed by atoms with E-state index in [1.807, 2.05) is 42.5 Å². The van der Waals surface area contributed by atoms with Gasteiger partial charge in [0.1, 0.15) is 5.75 Å². The highest BCUT2D eigenvalue weighted by Gasteiger charge is 2.19. The van der Waals surface area contributed by atoms with Gasteiger partial charge in [-0.1, -0.05) is 36.4 Å². The van der Waals surface area contributed by atoms with Gasteiger partial charge in [0.2, 0.25) is 5.91 Å². The molecule has 0 atom stereocenters. The highest BCUT2D eigenvalue weighted by atomic mass is 35.5. The molecule has 7 heteroatoms. The molecule has 5 nitrogen and oxygen atoms in total. The van der Waals surface area contributed by atoms with E-state index < -0.39 is 0 Å². The fourth-order valence-corrected chi connectivity index (χ4v) is 3.68. The smallest absolute Gasteiger partial charge is 0.238 e. The lowest BCUT2D eigenvalue weighted by molar-refractivity contribution is -0.117. The Balaban J connectivity index is 0.00000160. The van der Waals surface area contributed by atoms with E-state index in [1.165, 1.54) is 5.69 Å². The Labute approximate surface area is 189 Å². The molecule has 3 aromatic rings. The van der Waals surface area contributed by atoms with Crippen molar-refractivity contribution in [3.8, 4) is 5.75 Å². The van der Waals surface area contributed by atoms with E-state index in [9.17, 15) is 4.79 Å². The maximum atomic E-state index is 12.6. The second-order valence-electron chi connectivity index (χ2n) is 7.04. The van der Waals surface area contributed by atoms with Crippen LogP contribution < -0.4 is 39.8 Å². The van der Waals surface area contributed by atoms with Crippen molar-refractivity contribution in [1.29, 1.82) is 0 Å². The van der Waals surface area contributed by atoms with Gasteiger partial charge in [0.25, 0.3) is 0 Å². The summed E-state index contributed by atoms with van der Waals surface area (Å²) in [6.45, 7) is 3.98. The minimum Gasteiger partial charge on any atom is -1.00 e. The van der Waals surface area contributed by atoms with Gasteiger partial charge < -0.3 is 39.8 Å². The summed E-state index contributed by atoms with van der Waals surface area (Å²) in [6.07, 6.45) is 0. The van der Waals surface area contributed by atoms with E-state index in [-0.39, 0.29) is 30.7 Å². The molecule has 30 heavy (non-hydrogen) atoms. The molecule has 1 saturated heterocycles. The number of anilines is 2. The molecule has 0 saturated carbocycles. The van der Waals surface area contributed by atoms with Crippen LogP contribution >= 0.6 is 0 Å². The Morgan fingerprint density at radius 2 is 1.57 bits per heavy atom. The lowest BCUT2D eigenvalue weighted by Gasteiger charge is -2.35. The van der Waals surface area contributed by atoms with Crippen molar-refractivity contribution in [2.45, 2.75) is 0 Å². The van der Waals surface area contributed by atoms with Gasteiger partial charge in [-0.25, -0.2) is 0 Å². The third-order valence-corrected chi connectivity index (χ3v) is 5.24. The molecular formula is C23H25Cl2N3O2-2. The first-order chi connectivity index (χ1) is 13.7. The van der Waals surface area contributed by atoms with E-state index in [0.29, 0.717) is 6.54 Å². The zero-order chi connectivity index (χ0) is 19.3. The molecule has 0 spiro atoms. The van der Waals surface area contributed by atoms with Crippen LogP contribution in [0.5, 0.6) is 5.75 Å². The molecule has 0 bridgehead atoms. The summed E-state index contributed by atoms with van der Waals surface area (Å²) in [5, 5.41) is 5.28. The molecule has 0 unspecified atom stereocenters. The van der Waals surface area contributed by atoms with Crippen molar-refractivity contribution in [2.75, 3.05) is 50.1 Å². The van der Waals surface area contributed by atoms with E-state index >= 15 is 0 Å². The van der Waals surface area contributed by atoms with Crippen LogP contribution in [0.2, 0.25) is 0 Å². The fraction of sp³-hybridized carbons (Fsp3) is 0.261. The van der Waals surface area contributed by atoms with Crippen LogP contribution in [-0.4, -0.2) is 50.6 Å². The first-order valence-electron chi connectivity index (χ1n) is 9.62. The Morgan fingerprint density at radius 1 is 0.900 bits per heavy atom. The standard InChI is InChI=1S/C23H25N3O2.2ClH/c1-28-20-11-9-19(10-12-20)26-15-13-25(14-16-26)17-23(27)24-22-8-4-6-18-5-2-3-7-21(18)22;;/h2-12H,13-17H2,1H3,(H,24,27);2*1H/p-2. The average molecular weight is 446 g/mol. The predicted molar refractivity (Wildman–Crippen MR) is 114 cm³/mol. The molecule has 0 aliphatic carbocycles. The minimum absolute atomic E-state index is 0. The number of halogens is 2. The average Bonchev–Trinajstić information content (AvgIpc) is 2.75. The SMILES string of the molecule is COc1ccc(N2CCN(CC(=O)Nc3cccc4ccccc34)CC2)cc1.[Cl-].[Cl-]. The normalized spacial score (nSPS) is 13.8. The van der Waals surface area contributed by atoms with Crippen LogP contribution in [-0.2, 0) is 4.79 Å². The lowest BCUT2D eigenvalue weighted by Crippen LogP contribution is -3.00. The summed E-state index contributed by atoms with van der Waals surface area (Å²) in [4.78, 5) is 17.1. The molecule has 3 aromatic carbocycles. The number of carbonyl (C=O) groups is 1. The zero-order valence-electron chi connectivity index (χ0n) is 16.9. The van der Waals surface area contributed by atoms with Crippen LogP contribution in [0.4, 0.5) is 11.4 Å². The summed E-state index contributed by atoms with van der Waals surface area (Å²) < 4.78 is 5.22. The number of methoxy groups -OCH3 is 1. The quantitative estimate of drug-likeness (QED) is 0.476. The number of rotatable bonds is 5. The van der Waals surface area contributed by atoms with Crippen molar-refractivity contribution in [3.05, 3.63) is 66.7 Å². The number of hydrogen-bond acceptors (Lipinski definition) is 4. The molecule has 0 aromatic heterocycles. The molecule has 160 valence electrons. The van der Waals surface area contributed by atoms with Gasteiger partial charge in [-0.15, -0.1) is 0 Å². The van der Waals surface area contributed by atoms with E-state index in [2.05, 4.69) is 39.4 Å². The lowest BCUT2D eigenvalue weighted by atomic mass is 10.1. The summed E-state index contributed by atoms with van der Waals surface area (Å²) in [7, 11) is 1.68. The summed E-state index contributed by atoms with van der Waals surface area (Å²) >= 11 is 0. The Morgan fingerprint density at radius 3 is 2.27 bits per heavy atom. The van der Waals surface area contributed by atoms with Crippen LogP contribution in [0.3, 0.4) is 0 Å². The Hall–Kier alpha value is -2.47. The topological polar surface area (TPSA) is 44.8 Å². The largest absolute Gasteiger partial charge is 1.00 e. The maximum absolute atomic E-state index is 12.6. The summed E-state index contributed by atoms with van der Waals surface area (Å²) in [5.41, 5.74) is 2.07. The molecule has 0 radical (unpaired) electrons. The number of benzene rings is 3. The summed E-state index contributed by atoms with van der Waals surface area (Å²) in [5.74, 6) is 0.904. The molecule has 4 rings (SSSR count). The number of nitrogens with one attached hydrogen (secondary N) is 1. The molecule has 1 amide bonds. The predicted octanol–water partition coefficient (Wildman–Crippen LogP) is -2.38. The third-order valence-electron chi connectivity index (χ3n) is 5.24. The Kier molecular flexibility index (Phi) is 8.78. The first kappa shape index (κ1) is 23.8. The highest BCUT2D eigenvalue weighted by Crippen LogP contribution is 2.23. The van der Waals surface area contributed by atoms with Crippen LogP contribution in [0, 0.1) is 0 Å². The second-order valence-corrected chi connectivity index (χ2v) is 7.04. The van der Waals surface area contributed by atoms with Gasteiger partial charge in [-0.3, -0.25) is 9.69 Å². The Bertz CT molecular complexity index is 953. The van der Waals surface area contributed by atoms with E-state index in [1.54, 1.807) is 7.11 Å². The van der Waals surface area contributed by atoms with Crippen molar-refractivity contribution >= 4 is 28.1 Å². The van der Waals surface area contributed by atoms with Crippen LogP contribution in [0.1, 0.15) is 0 Å².